The molecule has 1 aliphatic rings. The molecule has 1 aliphatic carbocycles. The van der Waals surface area contributed by atoms with Crippen LogP contribution in [-0.4, -0.2) is 16.1 Å². The van der Waals surface area contributed by atoms with E-state index in [1.165, 1.54) is 44.7 Å². The van der Waals surface area contributed by atoms with Gasteiger partial charge in [-0.15, -0.1) is 15.7 Å². The molecule has 6 nitrogen and oxygen atoms in total. The van der Waals surface area contributed by atoms with Gasteiger partial charge in [0, 0.05) is 22.8 Å². The van der Waals surface area contributed by atoms with Crippen molar-refractivity contribution in [2.24, 2.45) is 9.50 Å². The molecule has 168 valence electrons. The SMILES string of the molecule is Cc1ccc(-c2ccc(NC(=O)N=S(N)c3ncc(C(C)(C)O)s3)c3c2CCC3)cc1C. The lowest BCUT2D eigenvalue weighted by atomic mass is 9.94. The maximum Gasteiger partial charge on any atom is 0.352 e. The number of hydrogen-bond acceptors (Lipinski definition) is 4. The maximum atomic E-state index is 12.6. The number of carbonyl (C=O) groups excluding carboxylic acids is 1. The van der Waals surface area contributed by atoms with Crippen molar-refractivity contribution in [1.82, 2.24) is 4.98 Å². The number of hydrogen-bond donors (Lipinski definition) is 3. The number of amides is 2. The minimum absolute atomic E-state index is 0.483. The minimum Gasteiger partial charge on any atom is -0.385 e. The predicted molar refractivity (Wildman–Crippen MR) is 132 cm³/mol. The molecule has 32 heavy (non-hydrogen) atoms. The molecule has 0 saturated heterocycles. The molecule has 2 amide bonds. The van der Waals surface area contributed by atoms with Crippen LogP contribution in [0, 0.1) is 13.8 Å². The van der Waals surface area contributed by atoms with Gasteiger partial charge in [-0.1, -0.05) is 24.3 Å². The van der Waals surface area contributed by atoms with Crippen LogP contribution in [0.3, 0.4) is 0 Å². The Bertz CT molecular complexity index is 1230. The van der Waals surface area contributed by atoms with Crippen LogP contribution in [0.5, 0.6) is 0 Å². The van der Waals surface area contributed by atoms with Crippen molar-refractivity contribution in [2.45, 2.75) is 56.9 Å². The van der Waals surface area contributed by atoms with Gasteiger partial charge in [0.15, 0.2) is 4.34 Å². The molecule has 1 aromatic heterocycles. The van der Waals surface area contributed by atoms with Crippen LogP contribution in [0.25, 0.3) is 11.1 Å². The van der Waals surface area contributed by atoms with Crippen LogP contribution < -0.4 is 10.5 Å². The Morgan fingerprint density at radius 1 is 1.19 bits per heavy atom. The Morgan fingerprint density at radius 2 is 1.94 bits per heavy atom. The molecule has 0 radical (unpaired) electrons. The summed E-state index contributed by atoms with van der Waals surface area (Å²) in [6.07, 6.45) is 4.58. The summed E-state index contributed by atoms with van der Waals surface area (Å²) in [5.74, 6) is 0. The van der Waals surface area contributed by atoms with E-state index < -0.39 is 22.5 Å². The van der Waals surface area contributed by atoms with Gasteiger partial charge in [-0.2, -0.15) is 0 Å². The second-order valence-corrected chi connectivity index (χ2v) is 11.1. The number of nitrogens with zero attached hydrogens (tertiary/aromatic N) is 2. The smallest absolute Gasteiger partial charge is 0.352 e. The Balaban J connectivity index is 1.58. The fourth-order valence-electron chi connectivity index (χ4n) is 3.91. The topological polar surface area (TPSA) is 101 Å². The summed E-state index contributed by atoms with van der Waals surface area (Å²) in [7, 11) is -1.18. The molecule has 1 heterocycles. The van der Waals surface area contributed by atoms with Crippen LogP contribution in [0.1, 0.15) is 47.4 Å². The summed E-state index contributed by atoms with van der Waals surface area (Å²) in [6, 6.07) is 10.1. The largest absolute Gasteiger partial charge is 0.385 e. The molecular formula is C24H28N4O2S2. The van der Waals surface area contributed by atoms with E-state index in [9.17, 15) is 9.90 Å². The van der Waals surface area contributed by atoms with Gasteiger partial charge < -0.3 is 10.4 Å². The summed E-state index contributed by atoms with van der Waals surface area (Å²) in [4.78, 5) is 17.5. The van der Waals surface area contributed by atoms with Crippen molar-refractivity contribution in [3.05, 3.63) is 63.7 Å². The van der Waals surface area contributed by atoms with Crippen LogP contribution in [0.4, 0.5) is 10.5 Å². The van der Waals surface area contributed by atoms with E-state index in [1.807, 2.05) is 6.07 Å². The van der Waals surface area contributed by atoms with Crippen molar-refractivity contribution in [1.29, 1.82) is 0 Å². The van der Waals surface area contributed by atoms with Crippen LogP contribution in [0.2, 0.25) is 0 Å². The molecule has 0 spiro atoms. The second kappa shape index (κ2) is 8.86. The zero-order valence-corrected chi connectivity index (χ0v) is 20.4. The minimum atomic E-state index is -1.18. The molecule has 0 aliphatic heterocycles. The van der Waals surface area contributed by atoms with Gasteiger partial charge in [0.1, 0.15) is 0 Å². The molecule has 1 unspecified atom stereocenters. The number of benzene rings is 2. The van der Waals surface area contributed by atoms with E-state index in [1.54, 1.807) is 20.0 Å². The van der Waals surface area contributed by atoms with E-state index >= 15 is 0 Å². The summed E-state index contributed by atoms with van der Waals surface area (Å²) in [6.45, 7) is 7.62. The van der Waals surface area contributed by atoms with E-state index in [2.05, 4.69) is 52.8 Å². The number of carbonyl (C=O) groups is 1. The lowest BCUT2D eigenvalue weighted by Gasteiger charge is -2.14. The first kappa shape index (κ1) is 22.8. The number of aromatic nitrogens is 1. The average Bonchev–Trinajstić information content (AvgIpc) is 3.40. The zero-order chi connectivity index (χ0) is 23.0. The highest BCUT2D eigenvalue weighted by atomic mass is 32.2. The monoisotopic (exact) mass is 468 g/mol. The molecule has 8 heteroatoms. The number of nitrogens with two attached hydrogens (primary N) is 1. The predicted octanol–water partition coefficient (Wildman–Crippen LogP) is 5.41. The van der Waals surface area contributed by atoms with Gasteiger partial charge >= 0.3 is 6.03 Å². The zero-order valence-electron chi connectivity index (χ0n) is 18.7. The number of fused-ring (bicyclic) bond motifs is 1. The van der Waals surface area contributed by atoms with Gasteiger partial charge in [-0.3, -0.25) is 5.14 Å². The fourth-order valence-corrected chi connectivity index (χ4v) is 5.74. The van der Waals surface area contributed by atoms with E-state index in [-0.39, 0.29) is 0 Å². The molecule has 4 N–H and O–H groups in total. The fraction of sp³-hybridized carbons (Fsp3) is 0.333. The molecule has 3 aromatic rings. The Hall–Kier alpha value is -2.39. The first-order chi connectivity index (χ1) is 15.1. The molecule has 2 aromatic carbocycles. The summed E-state index contributed by atoms with van der Waals surface area (Å²) < 4.78 is 4.61. The first-order valence-corrected chi connectivity index (χ1v) is 12.6. The Morgan fingerprint density at radius 3 is 2.62 bits per heavy atom. The number of anilines is 1. The third-order valence-electron chi connectivity index (χ3n) is 5.79. The first-order valence-electron chi connectivity index (χ1n) is 10.6. The highest BCUT2D eigenvalue weighted by molar-refractivity contribution is 7.87. The molecule has 0 saturated carbocycles. The summed E-state index contributed by atoms with van der Waals surface area (Å²) in [5.41, 5.74) is 7.28. The van der Waals surface area contributed by atoms with Gasteiger partial charge in [-0.05, 0) is 86.4 Å². The number of aliphatic hydroxyl groups is 1. The van der Waals surface area contributed by atoms with Gasteiger partial charge in [0.2, 0.25) is 0 Å². The maximum absolute atomic E-state index is 12.6. The van der Waals surface area contributed by atoms with E-state index in [0.717, 1.165) is 24.9 Å². The molecule has 0 fully saturated rings. The van der Waals surface area contributed by atoms with E-state index in [0.29, 0.717) is 9.22 Å². The second-order valence-electron chi connectivity index (χ2n) is 8.66. The lowest BCUT2D eigenvalue weighted by Crippen LogP contribution is -2.13. The van der Waals surface area contributed by atoms with Crippen LogP contribution in [0.15, 0.2) is 45.2 Å². The molecule has 1 atom stereocenters. The van der Waals surface area contributed by atoms with Crippen molar-refractivity contribution >= 4 is 33.9 Å². The number of rotatable bonds is 4. The van der Waals surface area contributed by atoms with Gasteiger partial charge in [0.05, 0.1) is 10.5 Å². The Labute approximate surface area is 195 Å². The average molecular weight is 469 g/mol. The highest BCUT2D eigenvalue weighted by Gasteiger charge is 2.22. The van der Waals surface area contributed by atoms with Crippen molar-refractivity contribution < 1.29 is 9.90 Å². The standard InChI is InChI=1S/C24H28N4O2S2/c1-14-8-9-16(12-15(14)2)17-10-11-20(19-7-5-6-18(17)19)27-22(29)28-32(25)23-26-13-21(31-23)24(3,4)30/h8-13,30H,5-7H2,1-4H3,(H3,25,27,28,29). The van der Waals surface area contributed by atoms with E-state index in [4.69, 9.17) is 5.14 Å². The molecule has 0 bridgehead atoms. The number of nitrogens with one attached hydrogen (secondary N) is 1. The molecule has 4 rings (SSSR count). The van der Waals surface area contributed by atoms with Crippen LogP contribution >= 0.6 is 11.3 Å². The summed E-state index contributed by atoms with van der Waals surface area (Å²) in [5, 5.41) is 19.1. The highest BCUT2D eigenvalue weighted by Crippen LogP contribution is 2.37. The number of thiazole rings is 1. The van der Waals surface area contributed by atoms with Crippen molar-refractivity contribution in [2.75, 3.05) is 5.32 Å². The lowest BCUT2D eigenvalue weighted by molar-refractivity contribution is 0.0823. The van der Waals surface area contributed by atoms with Gasteiger partial charge in [-0.25, -0.2) is 9.78 Å². The van der Waals surface area contributed by atoms with Crippen molar-refractivity contribution in [3.63, 3.8) is 0 Å². The normalized spacial score (nSPS) is 14.4. The van der Waals surface area contributed by atoms with Crippen molar-refractivity contribution in [3.8, 4) is 11.1 Å². The Kier molecular flexibility index (Phi) is 6.31. The third-order valence-corrected chi connectivity index (χ3v) is 8.48. The number of aryl methyl sites for hydroxylation is 2. The quantitative estimate of drug-likeness (QED) is 0.476. The summed E-state index contributed by atoms with van der Waals surface area (Å²) >= 11 is 1.27. The van der Waals surface area contributed by atoms with Gasteiger partial charge in [0.25, 0.3) is 0 Å². The molecular weight excluding hydrogens is 440 g/mol. The number of urea groups is 1. The van der Waals surface area contributed by atoms with Crippen LogP contribution in [-0.2, 0) is 29.3 Å². The third kappa shape index (κ3) is 4.68.